The van der Waals surface area contributed by atoms with Crippen LogP contribution in [0.3, 0.4) is 0 Å². The summed E-state index contributed by atoms with van der Waals surface area (Å²) in [4.78, 5) is 21.3. The van der Waals surface area contributed by atoms with E-state index >= 15 is 0 Å². The third-order valence-electron chi connectivity index (χ3n) is 4.16. The van der Waals surface area contributed by atoms with E-state index in [1.807, 2.05) is 37.3 Å². The molecule has 4 rings (SSSR count). The Hall–Kier alpha value is -2.95. The molecule has 1 unspecified atom stereocenters. The van der Waals surface area contributed by atoms with Crippen LogP contribution in [0, 0.1) is 3.57 Å². The molecular weight excluding hydrogens is 457 g/mol. The number of nitrogens with zero attached hydrogens (tertiary/aromatic N) is 5. The van der Waals surface area contributed by atoms with Crippen LogP contribution in [0.25, 0.3) is 11.2 Å². The van der Waals surface area contributed by atoms with Gasteiger partial charge in [0, 0.05) is 6.20 Å². The Kier molecular flexibility index (Phi) is 4.52. The molecule has 9 heteroatoms. The first kappa shape index (κ1) is 17.5. The quantitative estimate of drug-likeness (QED) is 0.442. The molecule has 27 heavy (non-hydrogen) atoms. The first-order valence-corrected chi connectivity index (χ1v) is 9.32. The summed E-state index contributed by atoms with van der Waals surface area (Å²) < 4.78 is 3.93. The topological polar surface area (TPSA) is 103 Å². The van der Waals surface area contributed by atoms with Gasteiger partial charge in [-0.05, 0) is 53.8 Å². The van der Waals surface area contributed by atoms with Crippen LogP contribution in [-0.2, 0) is 0 Å². The van der Waals surface area contributed by atoms with E-state index < -0.39 is 0 Å². The van der Waals surface area contributed by atoms with Gasteiger partial charge in [0.1, 0.15) is 23.5 Å². The summed E-state index contributed by atoms with van der Waals surface area (Å²) in [5, 5.41) is 7.95. The molecule has 1 aromatic carbocycles. The highest BCUT2D eigenvalue weighted by atomic mass is 127. The average Bonchev–Trinajstić information content (AvgIpc) is 3.15. The molecule has 0 fully saturated rings. The Balaban J connectivity index is 1.87. The lowest BCUT2D eigenvalue weighted by atomic mass is 10.2. The predicted octanol–water partition coefficient (Wildman–Crippen LogP) is 2.64. The van der Waals surface area contributed by atoms with Crippen LogP contribution in [0.5, 0.6) is 0 Å². The van der Waals surface area contributed by atoms with E-state index in [1.54, 1.807) is 27.4 Å². The van der Waals surface area contributed by atoms with Crippen molar-refractivity contribution in [3.8, 4) is 5.69 Å². The minimum absolute atomic E-state index is 0.137. The lowest BCUT2D eigenvalue weighted by molar-refractivity contribution is 0.672. The van der Waals surface area contributed by atoms with Crippen LogP contribution in [0.2, 0.25) is 0 Å². The van der Waals surface area contributed by atoms with Crippen LogP contribution in [0.15, 0.2) is 59.8 Å². The first-order chi connectivity index (χ1) is 13.1. The zero-order chi connectivity index (χ0) is 19.0. The van der Waals surface area contributed by atoms with Gasteiger partial charge in [0.05, 0.1) is 15.3 Å². The summed E-state index contributed by atoms with van der Waals surface area (Å²) in [6.07, 6.45) is 3.16. The number of rotatable bonds is 4. The van der Waals surface area contributed by atoms with Crippen LogP contribution in [0.4, 0.5) is 11.6 Å². The van der Waals surface area contributed by atoms with E-state index in [4.69, 9.17) is 5.73 Å². The number of benzene rings is 1. The van der Waals surface area contributed by atoms with E-state index in [9.17, 15) is 4.79 Å². The number of fused-ring (bicyclic) bond motifs is 1. The van der Waals surface area contributed by atoms with Gasteiger partial charge < -0.3 is 11.1 Å². The zero-order valence-corrected chi connectivity index (χ0v) is 16.5. The Morgan fingerprint density at radius 2 is 1.93 bits per heavy atom. The Bertz CT molecular complexity index is 1170. The maximum Gasteiger partial charge on any atom is 0.282 e. The van der Waals surface area contributed by atoms with E-state index in [2.05, 4.69) is 43.0 Å². The molecule has 0 spiro atoms. The van der Waals surface area contributed by atoms with E-state index in [0.717, 1.165) is 9.26 Å². The summed E-state index contributed by atoms with van der Waals surface area (Å²) in [7, 11) is 0. The number of aromatic nitrogens is 5. The number of nitrogens with two attached hydrogens (primary N) is 1. The van der Waals surface area contributed by atoms with Gasteiger partial charge >= 0.3 is 0 Å². The summed E-state index contributed by atoms with van der Waals surface area (Å²) in [5.41, 5.74) is 6.99. The van der Waals surface area contributed by atoms with Gasteiger partial charge in [-0.1, -0.05) is 18.2 Å². The highest BCUT2D eigenvalue weighted by Crippen LogP contribution is 2.24. The minimum Gasteiger partial charge on any atom is -0.383 e. The van der Waals surface area contributed by atoms with Gasteiger partial charge in [-0.3, -0.25) is 9.36 Å². The van der Waals surface area contributed by atoms with Crippen molar-refractivity contribution in [3.05, 3.63) is 74.7 Å². The van der Waals surface area contributed by atoms with Crippen LogP contribution >= 0.6 is 22.6 Å². The number of nitrogen functional groups attached to an aromatic ring is 1. The lowest BCUT2D eigenvalue weighted by Gasteiger charge is -2.20. The maximum absolute atomic E-state index is 13.1. The molecule has 0 aliphatic carbocycles. The largest absolute Gasteiger partial charge is 0.383 e. The smallest absolute Gasteiger partial charge is 0.282 e. The molecule has 4 aromatic rings. The van der Waals surface area contributed by atoms with Gasteiger partial charge in [0.25, 0.3) is 5.56 Å². The predicted molar refractivity (Wildman–Crippen MR) is 112 cm³/mol. The second-order valence-corrected chi connectivity index (χ2v) is 7.04. The molecule has 0 aliphatic heterocycles. The zero-order valence-electron chi connectivity index (χ0n) is 14.4. The molecule has 8 nitrogen and oxygen atoms in total. The third-order valence-corrected chi connectivity index (χ3v) is 5.22. The number of anilines is 2. The molecular formula is C18H16IN7O. The molecule has 0 saturated heterocycles. The molecule has 0 saturated carbocycles. The van der Waals surface area contributed by atoms with Crippen molar-refractivity contribution in [1.29, 1.82) is 0 Å². The van der Waals surface area contributed by atoms with E-state index in [-0.39, 0.29) is 11.6 Å². The monoisotopic (exact) mass is 473 g/mol. The van der Waals surface area contributed by atoms with Crippen molar-refractivity contribution < 1.29 is 0 Å². The third kappa shape index (κ3) is 3.14. The van der Waals surface area contributed by atoms with Crippen LogP contribution in [0.1, 0.15) is 18.8 Å². The fourth-order valence-corrected chi connectivity index (χ4v) is 3.30. The summed E-state index contributed by atoms with van der Waals surface area (Å²) in [5.74, 6) is 1.55. The molecule has 0 amide bonds. The molecule has 0 radical (unpaired) electrons. The number of para-hydroxylation sites is 1. The standard InChI is InChI=1S/C18H16IN7O/c1-11(23-16-14(19)15(20)21-10-22-16)17-24-25-9-5-8-13(25)18(27)26(17)12-6-3-2-4-7-12/h2-11H,1H3,(H3,20,21,22,23). The molecule has 1 atom stereocenters. The number of hydrogen-bond donors (Lipinski definition) is 2. The normalized spacial score (nSPS) is 12.2. The van der Waals surface area contributed by atoms with Crippen molar-refractivity contribution >= 4 is 39.7 Å². The molecule has 3 N–H and O–H groups in total. The van der Waals surface area contributed by atoms with Crippen molar-refractivity contribution in [2.24, 2.45) is 0 Å². The van der Waals surface area contributed by atoms with Crippen molar-refractivity contribution in [2.75, 3.05) is 11.1 Å². The molecule has 0 bridgehead atoms. The highest BCUT2D eigenvalue weighted by molar-refractivity contribution is 14.1. The second kappa shape index (κ2) is 6.99. The van der Waals surface area contributed by atoms with Crippen molar-refractivity contribution in [3.63, 3.8) is 0 Å². The van der Waals surface area contributed by atoms with Crippen molar-refractivity contribution in [1.82, 2.24) is 24.1 Å². The Morgan fingerprint density at radius 3 is 2.70 bits per heavy atom. The summed E-state index contributed by atoms with van der Waals surface area (Å²) in [6.45, 7) is 1.92. The Labute approximate surface area is 168 Å². The number of halogens is 1. The second-order valence-electron chi connectivity index (χ2n) is 5.96. The van der Waals surface area contributed by atoms with Gasteiger partial charge in [-0.2, -0.15) is 5.10 Å². The van der Waals surface area contributed by atoms with Gasteiger partial charge in [-0.15, -0.1) is 0 Å². The van der Waals surface area contributed by atoms with E-state index in [1.165, 1.54) is 6.33 Å². The molecule has 136 valence electrons. The fraction of sp³-hybridized carbons (Fsp3) is 0.111. The summed E-state index contributed by atoms with van der Waals surface area (Å²) >= 11 is 2.09. The number of nitrogens with one attached hydrogen (secondary N) is 1. The van der Waals surface area contributed by atoms with Gasteiger partial charge in [-0.25, -0.2) is 14.5 Å². The molecule has 3 heterocycles. The van der Waals surface area contributed by atoms with E-state index in [0.29, 0.717) is 23.0 Å². The first-order valence-electron chi connectivity index (χ1n) is 8.24. The van der Waals surface area contributed by atoms with Gasteiger partial charge in [0.2, 0.25) is 0 Å². The van der Waals surface area contributed by atoms with Crippen LogP contribution < -0.4 is 16.6 Å². The van der Waals surface area contributed by atoms with Gasteiger partial charge in [0.15, 0.2) is 5.82 Å². The minimum atomic E-state index is -0.312. The summed E-state index contributed by atoms with van der Waals surface area (Å²) in [6, 6.07) is 12.7. The number of hydrogen-bond acceptors (Lipinski definition) is 6. The maximum atomic E-state index is 13.1. The Morgan fingerprint density at radius 1 is 1.15 bits per heavy atom. The molecule has 3 aromatic heterocycles. The average molecular weight is 473 g/mol. The lowest BCUT2D eigenvalue weighted by Crippen LogP contribution is -2.29. The fourth-order valence-electron chi connectivity index (χ4n) is 2.86. The van der Waals surface area contributed by atoms with Crippen molar-refractivity contribution in [2.45, 2.75) is 13.0 Å². The van der Waals surface area contributed by atoms with Crippen LogP contribution in [-0.4, -0.2) is 24.1 Å². The highest BCUT2D eigenvalue weighted by Gasteiger charge is 2.19. The SMILES string of the molecule is CC(Nc1ncnc(N)c1I)c1nn2cccc2c(=O)n1-c1ccccc1. The molecule has 0 aliphatic rings.